The van der Waals surface area contributed by atoms with E-state index in [9.17, 15) is 13.2 Å². The summed E-state index contributed by atoms with van der Waals surface area (Å²) in [4.78, 5) is 0. The zero-order chi connectivity index (χ0) is 13.4. The van der Waals surface area contributed by atoms with Gasteiger partial charge in [0.15, 0.2) is 0 Å². The van der Waals surface area contributed by atoms with Crippen LogP contribution in [-0.2, 0) is 4.74 Å². The van der Waals surface area contributed by atoms with Gasteiger partial charge in [-0.2, -0.15) is 13.2 Å². The number of ether oxygens (including phenoxy) is 1. The van der Waals surface area contributed by atoms with Crippen LogP contribution in [0, 0.1) is 0 Å². The van der Waals surface area contributed by atoms with Crippen molar-refractivity contribution >= 4 is 0 Å². The number of rotatable bonds is 7. The van der Waals surface area contributed by atoms with Gasteiger partial charge in [0.2, 0.25) is 0 Å². The SMILES string of the molecule is CCNC(COCCC(F)(F)F)c1ccccc1. The fourth-order valence-electron chi connectivity index (χ4n) is 1.59. The minimum atomic E-state index is -4.15. The van der Waals surface area contributed by atoms with Gasteiger partial charge < -0.3 is 10.1 Å². The van der Waals surface area contributed by atoms with Crippen molar-refractivity contribution in [2.45, 2.75) is 25.6 Å². The summed E-state index contributed by atoms with van der Waals surface area (Å²) in [5.41, 5.74) is 1.02. The number of benzene rings is 1. The molecule has 0 bridgehead atoms. The number of hydrogen-bond donors (Lipinski definition) is 1. The first-order valence-electron chi connectivity index (χ1n) is 5.95. The van der Waals surface area contributed by atoms with Crippen molar-refractivity contribution in [2.75, 3.05) is 19.8 Å². The largest absolute Gasteiger partial charge is 0.391 e. The van der Waals surface area contributed by atoms with Crippen LogP contribution in [-0.4, -0.2) is 25.9 Å². The molecule has 0 fully saturated rings. The third-order valence-corrected chi connectivity index (χ3v) is 2.47. The summed E-state index contributed by atoms with van der Waals surface area (Å²) in [6, 6.07) is 9.49. The second-order valence-electron chi connectivity index (χ2n) is 3.96. The molecule has 1 rings (SSSR count). The van der Waals surface area contributed by atoms with Crippen LogP contribution in [0.3, 0.4) is 0 Å². The summed E-state index contributed by atoms with van der Waals surface area (Å²) in [6.07, 6.45) is -5.05. The molecule has 0 aliphatic heterocycles. The lowest BCUT2D eigenvalue weighted by molar-refractivity contribution is -0.145. The monoisotopic (exact) mass is 261 g/mol. The Labute approximate surface area is 105 Å². The zero-order valence-corrected chi connectivity index (χ0v) is 10.3. The summed E-state index contributed by atoms with van der Waals surface area (Å²) in [7, 11) is 0. The molecule has 5 heteroatoms. The quantitative estimate of drug-likeness (QED) is 0.760. The topological polar surface area (TPSA) is 21.3 Å². The summed E-state index contributed by atoms with van der Waals surface area (Å²) >= 11 is 0. The van der Waals surface area contributed by atoms with Crippen LogP contribution in [0.25, 0.3) is 0 Å². The third kappa shape index (κ3) is 6.02. The van der Waals surface area contributed by atoms with Crippen LogP contribution < -0.4 is 5.32 Å². The Bertz CT molecular complexity index is 327. The van der Waals surface area contributed by atoms with Crippen LogP contribution in [0.2, 0.25) is 0 Å². The lowest BCUT2D eigenvalue weighted by Crippen LogP contribution is -2.26. The molecule has 0 heterocycles. The Hall–Kier alpha value is -1.07. The standard InChI is InChI=1S/C13H18F3NO/c1-2-17-12(11-6-4-3-5-7-11)10-18-9-8-13(14,15)16/h3-7,12,17H,2,8-10H2,1H3. The van der Waals surface area contributed by atoms with E-state index in [2.05, 4.69) is 5.32 Å². The van der Waals surface area contributed by atoms with Gasteiger partial charge in [-0.25, -0.2) is 0 Å². The van der Waals surface area contributed by atoms with E-state index >= 15 is 0 Å². The van der Waals surface area contributed by atoms with Gasteiger partial charge >= 0.3 is 6.18 Å². The lowest BCUT2D eigenvalue weighted by Gasteiger charge is -2.18. The molecule has 0 aliphatic carbocycles. The Morgan fingerprint density at radius 1 is 1.22 bits per heavy atom. The van der Waals surface area contributed by atoms with E-state index in [1.807, 2.05) is 37.3 Å². The van der Waals surface area contributed by atoms with Gasteiger partial charge in [-0.3, -0.25) is 0 Å². The number of alkyl halides is 3. The van der Waals surface area contributed by atoms with Crippen molar-refractivity contribution in [1.82, 2.24) is 5.32 Å². The summed E-state index contributed by atoms with van der Waals surface area (Å²) in [5, 5.41) is 3.19. The number of nitrogens with one attached hydrogen (secondary N) is 1. The van der Waals surface area contributed by atoms with Gasteiger partial charge in [-0.15, -0.1) is 0 Å². The molecule has 1 aromatic carbocycles. The summed E-state index contributed by atoms with van der Waals surface area (Å²) in [5.74, 6) is 0. The summed E-state index contributed by atoms with van der Waals surface area (Å²) in [6.45, 7) is 2.64. The highest BCUT2D eigenvalue weighted by Crippen LogP contribution is 2.19. The first kappa shape index (κ1) is 15.0. The molecular formula is C13H18F3NO. The van der Waals surface area contributed by atoms with Gasteiger partial charge in [-0.05, 0) is 12.1 Å². The maximum atomic E-state index is 12.0. The van der Waals surface area contributed by atoms with Crippen LogP contribution >= 0.6 is 0 Å². The second kappa shape index (κ2) is 7.38. The van der Waals surface area contributed by atoms with Crippen molar-refractivity contribution < 1.29 is 17.9 Å². The lowest BCUT2D eigenvalue weighted by atomic mass is 10.1. The molecule has 0 radical (unpaired) electrons. The van der Waals surface area contributed by atoms with Gasteiger partial charge in [-0.1, -0.05) is 37.3 Å². The molecule has 1 N–H and O–H groups in total. The van der Waals surface area contributed by atoms with E-state index in [4.69, 9.17) is 4.74 Å². The smallest absolute Gasteiger partial charge is 0.379 e. The first-order valence-corrected chi connectivity index (χ1v) is 5.95. The van der Waals surface area contributed by atoms with E-state index < -0.39 is 12.6 Å². The zero-order valence-electron chi connectivity index (χ0n) is 10.3. The fraction of sp³-hybridized carbons (Fsp3) is 0.538. The third-order valence-electron chi connectivity index (χ3n) is 2.47. The molecule has 0 aliphatic rings. The number of likely N-dealkylation sites (N-methyl/N-ethyl adjacent to an activating group) is 1. The average Bonchev–Trinajstić information content (AvgIpc) is 2.33. The highest BCUT2D eigenvalue weighted by molar-refractivity contribution is 5.18. The van der Waals surface area contributed by atoms with Crippen molar-refractivity contribution in [2.24, 2.45) is 0 Å². The highest BCUT2D eigenvalue weighted by Gasteiger charge is 2.26. The number of hydrogen-bond acceptors (Lipinski definition) is 2. The fourth-order valence-corrected chi connectivity index (χ4v) is 1.59. The van der Waals surface area contributed by atoms with Crippen molar-refractivity contribution in [3.63, 3.8) is 0 Å². The van der Waals surface area contributed by atoms with Gasteiger partial charge in [0, 0.05) is 0 Å². The molecule has 1 unspecified atom stereocenters. The van der Waals surface area contributed by atoms with E-state index in [-0.39, 0.29) is 19.3 Å². The van der Waals surface area contributed by atoms with Crippen LogP contribution in [0.4, 0.5) is 13.2 Å². The molecule has 102 valence electrons. The molecule has 0 amide bonds. The number of halogens is 3. The molecule has 18 heavy (non-hydrogen) atoms. The molecule has 2 nitrogen and oxygen atoms in total. The Balaban J connectivity index is 2.40. The molecular weight excluding hydrogens is 243 g/mol. The normalized spacial score (nSPS) is 13.6. The van der Waals surface area contributed by atoms with Crippen molar-refractivity contribution in [3.8, 4) is 0 Å². The first-order chi connectivity index (χ1) is 8.53. The minimum Gasteiger partial charge on any atom is -0.379 e. The van der Waals surface area contributed by atoms with E-state index in [0.29, 0.717) is 0 Å². The second-order valence-corrected chi connectivity index (χ2v) is 3.96. The van der Waals surface area contributed by atoms with Gasteiger partial charge in [0.25, 0.3) is 0 Å². The minimum absolute atomic E-state index is 0.0653. The Kier molecular flexibility index (Phi) is 6.15. The van der Waals surface area contributed by atoms with E-state index in [1.54, 1.807) is 0 Å². The average molecular weight is 261 g/mol. The van der Waals surface area contributed by atoms with Gasteiger partial charge in [0.05, 0.1) is 25.7 Å². The van der Waals surface area contributed by atoms with E-state index in [0.717, 1.165) is 12.1 Å². The Morgan fingerprint density at radius 2 is 1.89 bits per heavy atom. The van der Waals surface area contributed by atoms with Gasteiger partial charge in [0.1, 0.15) is 0 Å². The van der Waals surface area contributed by atoms with Crippen molar-refractivity contribution in [1.29, 1.82) is 0 Å². The highest BCUT2D eigenvalue weighted by atomic mass is 19.4. The Morgan fingerprint density at radius 3 is 2.44 bits per heavy atom. The van der Waals surface area contributed by atoms with E-state index in [1.165, 1.54) is 0 Å². The van der Waals surface area contributed by atoms with Crippen LogP contribution in [0.15, 0.2) is 30.3 Å². The molecule has 1 aromatic rings. The van der Waals surface area contributed by atoms with Crippen LogP contribution in [0.1, 0.15) is 24.9 Å². The summed E-state index contributed by atoms with van der Waals surface area (Å²) < 4.78 is 41.0. The molecule has 0 spiro atoms. The van der Waals surface area contributed by atoms with Crippen LogP contribution in [0.5, 0.6) is 0 Å². The predicted molar refractivity (Wildman–Crippen MR) is 64.4 cm³/mol. The van der Waals surface area contributed by atoms with Crippen molar-refractivity contribution in [3.05, 3.63) is 35.9 Å². The molecule has 1 atom stereocenters. The molecule has 0 saturated carbocycles. The predicted octanol–water partition coefficient (Wildman–Crippen LogP) is 3.31. The molecule has 0 aromatic heterocycles. The molecule has 0 saturated heterocycles. The maximum Gasteiger partial charge on any atom is 0.391 e. The maximum absolute atomic E-state index is 12.0.